The highest BCUT2D eigenvalue weighted by molar-refractivity contribution is 5.55. The van der Waals surface area contributed by atoms with Crippen molar-refractivity contribution in [3.63, 3.8) is 0 Å². The molecule has 0 saturated heterocycles. The molecule has 0 amide bonds. The van der Waals surface area contributed by atoms with Crippen LogP contribution in [0.2, 0.25) is 0 Å². The van der Waals surface area contributed by atoms with E-state index in [9.17, 15) is 4.39 Å². The fraction of sp³-hybridized carbons (Fsp3) is 0.294. The predicted octanol–water partition coefficient (Wildman–Crippen LogP) is 3.27. The quantitative estimate of drug-likeness (QED) is 0.905. The van der Waals surface area contributed by atoms with Gasteiger partial charge in [0.25, 0.3) is 0 Å². The van der Waals surface area contributed by atoms with E-state index in [4.69, 9.17) is 5.73 Å². The summed E-state index contributed by atoms with van der Waals surface area (Å²) < 4.78 is 14.1. The van der Waals surface area contributed by atoms with E-state index < -0.39 is 0 Å². The minimum Gasteiger partial charge on any atom is -0.368 e. The van der Waals surface area contributed by atoms with Crippen molar-refractivity contribution < 1.29 is 4.39 Å². The lowest BCUT2D eigenvalue weighted by Crippen LogP contribution is -2.20. The number of hydrogen-bond acceptors (Lipinski definition) is 2. The summed E-state index contributed by atoms with van der Waals surface area (Å²) in [5.74, 6) is -0.189. The van der Waals surface area contributed by atoms with Crippen molar-refractivity contribution in [1.82, 2.24) is 0 Å². The summed E-state index contributed by atoms with van der Waals surface area (Å²) in [6, 6.07) is 13.5. The van der Waals surface area contributed by atoms with Crippen LogP contribution >= 0.6 is 0 Å². The SMILES string of the molecule is Cc1ccc(CN(C)c2c(F)cccc2CCN)cc1. The van der Waals surface area contributed by atoms with Gasteiger partial charge in [-0.25, -0.2) is 4.39 Å². The van der Waals surface area contributed by atoms with E-state index in [0.717, 1.165) is 5.56 Å². The Bertz CT molecular complexity index is 564. The van der Waals surface area contributed by atoms with E-state index >= 15 is 0 Å². The second-order valence-electron chi connectivity index (χ2n) is 5.13. The number of anilines is 1. The van der Waals surface area contributed by atoms with Gasteiger partial charge in [0.1, 0.15) is 5.82 Å². The Morgan fingerprint density at radius 1 is 1.10 bits per heavy atom. The molecule has 0 spiro atoms. The molecule has 0 heterocycles. The normalized spacial score (nSPS) is 10.6. The van der Waals surface area contributed by atoms with Crippen LogP contribution < -0.4 is 10.6 Å². The van der Waals surface area contributed by atoms with E-state index in [2.05, 4.69) is 31.2 Å². The highest BCUT2D eigenvalue weighted by Gasteiger charge is 2.12. The highest BCUT2D eigenvalue weighted by Crippen LogP contribution is 2.25. The van der Waals surface area contributed by atoms with Crippen LogP contribution in [0.4, 0.5) is 10.1 Å². The predicted molar refractivity (Wildman–Crippen MR) is 82.4 cm³/mol. The van der Waals surface area contributed by atoms with Crippen molar-refractivity contribution in [2.45, 2.75) is 19.9 Å². The van der Waals surface area contributed by atoms with Gasteiger partial charge in [0.15, 0.2) is 0 Å². The standard InChI is InChI=1S/C17H21FN2/c1-13-6-8-14(9-7-13)12-20(2)17-15(10-11-19)4-3-5-16(17)18/h3-9H,10-12,19H2,1-2H3. The number of rotatable bonds is 5. The molecule has 0 aliphatic rings. The number of nitrogens with zero attached hydrogens (tertiary/aromatic N) is 1. The summed E-state index contributed by atoms with van der Waals surface area (Å²) in [5.41, 5.74) is 9.61. The first kappa shape index (κ1) is 14.5. The maximum absolute atomic E-state index is 14.1. The monoisotopic (exact) mass is 272 g/mol. The summed E-state index contributed by atoms with van der Waals surface area (Å²) in [4.78, 5) is 1.95. The molecule has 2 nitrogen and oxygen atoms in total. The van der Waals surface area contributed by atoms with Gasteiger partial charge < -0.3 is 10.6 Å². The fourth-order valence-electron chi connectivity index (χ4n) is 2.39. The molecule has 0 aliphatic heterocycles. The van der Waals surface area contributed by atoms with Crippen LogP contribution in [0.25, 0.3) is 0 Å². The zero-order chi connectivity index (χ0) is 14.5. The zero-order valence-corrected chi connectivity index (χ0v) is 12.1. The lowest BCUT2D eigenvalue weighted by atomic mass is 10.1. The van der Waals surface area contributed by atoms with Crippen molar-refractivity contribution in [2.24, 2.45) is 5.73 Å². The average Bonchev–Trinajstić information content (AvgIpc) is 2.42. The Morgan fingerprint density at radius 2 is 1.80 bits per heavy atom. The number of nitrogens with two attached hydrogens (primary N) is 1. The van der Waals surface area contributed by atoms with Crippen LogP contribution in [-0.4, -0.2) is 13.6 Å². The van der Waals surface area contributed by atoms with E-state index in [1.807, 2.05) is 18.0 Å². The van der Waals surface area contributed by atoms with Gasteiger partial charge in [0.05, 0.1) is 5.69 Å². The van der Waals surface area contributed by atoms with Gasteiger partial charge in [-0.1, -0.05) is 42.0 Å². The molecule has 106 valence electrons. The zero-order valence-electron chi connectivity index (χ0n) is 12.1. The van der Waals surface area contributed by atoms with Crippen molar-refractivity contribution in [1.29, 1.82) is 0 Å². The molecule has 2 aromatic carbocycles. The average molecular weight is 272 g/mol. The van der Waals surface area contributed by atoms with Crippen molar-refractivity contribution in [2.75, 3.05) is 18.5 Å². The van der Waals surface area contributed by atoms with Gasteiger partial charge in [0, 0.05) is 13.6 Å². The van der Waals surface area contributed by atoms with E-state index in [1.165, 1.54) is 17.2 Å². The summed E-state index contributed by atoms with van der Waals surface area (Å²) in [5, 5.41) is 0. The molecule has 0 fully saturated rings. The minimum atomic E-state index is -0.189. The van der Waals surface area contributed by atoms with E-state index in [1.54, 1.807) is 6.07 Å². The molecule has 3 heteroatoms. The Labute approximate surface area is 120 Å². The maximum atomic E-state index is 14.1. The molecule has 2 N–H and O–H groups in total. The van der Waals surface area contributed by atoms with Crippen LogP contribution in [0.5, 0.6) is 0 Å². The van der Waals surface area contributed by atoms with E-state index in [-0.39, 0.29) is 5.82 Å². The lowest BCUT2D eigenvalue weighted by molar-refractivity contribution is 0.619. The Morgan fingerprint density at radius 3 is 2.45 bits per heavy atom. The second kappa shape index (κ2) is 6.53. The first-order valence-corrected chi connectivity index (χ1v) is 6.86. The number of benzene rings is 2. The third-order valence-electron chi connectivity index (χ3n) is 3.41. The van der Waals surface area contributed by atoms with Crippen LogP contribution in [0.1, 0.15) is 16.7 Å². The smallest absolute Gasteiger partial charge is 0.146 e. The molecule has 2 rings (SSSR count). The molecule has 0 bridgehead atoms. The first-order chi connectivity index (χ1) is 9.61. The summed E-state index contributed by atoms with van der Waals surface area (Å²) in [6.45, 7) is 3.26. The van der Waals surface area contributed by atoms with Crippen LogP contribution in [-0.2, 0) is 13.0 Å². The molecule has 2 aromatic rings. The van der Waals surface area contributed by atoms with Gasteiger partial charge in [-0.15, -0.1) is 0 Å². The van der Waals surface area contributed by atoms with Gasteiger partial charge in [-0.05, 0) is 37.1 Å². The van der Waals surface area contributed by atoms with E-state index in [0.29, 0.717) is 25.2 Å². The summed E-state index contributed by atoms with van der Waals surface area (Å²) >= 11 is 0. The van der Waals surface area contributed by atoms with Crippen LogP contribution in [0.3, 0.4) is 0 Å². The van der Waals surface area contributed by atoms with Gasteiger partial charge in [-0.3, -0.25) is 0 Å². The maximum Gasteiger partial charge on any atom is 0.146 e. The number of halogens is 1. The highest BCUT2D eigenvalue weighted by atomic mass is 19.1. The van der Waals surface area contributed by atoms with Crippen molar-refractivity contribution in [3.8, 4) is 0 Å². The number of para-hydroxylation sites is 1. The van der Waals surface area contributed by atoms with Crippen molar-refractivity contribution >= 4 is 5.69 Å². The summed E-state index contributed by atoms with van der Waals surface area (Å²) in [7, 11) is 1.91. The summed E-state index contributed by atoms with van der Waals surface area (Å²) in [6.07, 6.45) is 0.686. The molecular formula is C17H21FN2. The molecule has 0 unspecified atom stereocenters. The first-order valence-electron chi connectivity index (χ1n) is 6.86. The fourth-order valence-corrected chi connectivity index (χ4v) is 2.39. The van der Waals surface area contributed by atoms with Crippen LogP contribution in [0.15, 0.2) is 42.5 Å². The third kappa shape index (κ3) is 3.36. The third-order valence-corrected chi connectivity index (χ3v) is 3.41. The molecular weight excluding hydrogens is 251 g/mol. The molecule has 0 saturated carbocycles. The Balaban J connectivity index is 2.24. The second-order valence-corrected chi connectivity index (χ2v) is 5.13. The van der Waals surface area contributed by atoms with Gasteiger partial charge >= 0.3 is 0 Å². The minimum absolute atomic E-state index is 0.189. The largest absolute Gasteiger partial charge is 0.368 e. The topological polar surface area (TPSA) is 29.3 Å². The Hall–Kier alpha value is -1.87. The number of hydrogen-bond donors (Lipinski definition) is 1. The molecule has 20 heavy (non-hydrogen) atoms. The Kier molecular flexibility index (Phi) is 4.74. The molecule has 0 aliphatic carbocycles. The number of aryl methyl sites for hydroxylation is 1. The molecule has 0 atom stereocenters. The van der Waals surface area contributed by atoms with Gasteiger partial charge in [-0.2, -0.15) is 0 Å². The molecule has 0 aromatic heterocycles. The van der Waals surface area contributed by atoms with Gasteiger partial charge in [0.2, 0.25) is 0 Å². The van der Waals surface area contributed by atoms with Crippen molar-refractivity contribution in [3.05, 3.63) is 65.0 Å². The van der Waals surface area contributed by atoms with Crippen LogP contribution in [0, 0.1) is 12.7 Å². The molecule has 0 radical (unpaired) electrons. The lowest BCUT2D eigenvalue weighted by Gasteiger charge is -2.23.